The monoisotopic (exact) mass is 297 g/mol. The number of aryl methyl sites for hydroxylation is 1. The number of hydrogen-bond acceptors (Lipinski definition) is 5. The average Bonchev–Trinajstić information content (AvgIpc) is 2.87. The van der Waals surface area contributed by atoms with Crippen LogP contribution in [0.2, 0.25) is 6.04 Å². The summed E-state index contributed by atoms with van der Waals surface area (Å²) in [4.78, 5) is 4.62. The van der Waals surface area contributed by atoms with Crippen LogP contribution in [0, 0.1) is 0 Å². The summed E-state index contributed by atoms with van der Waals surface area (Å²) in [6.07, 6.45) is 1.89. The van der Waals surface area contributed by atoms with Gasteiger partial charge in [0.25, 0.3) is 0 Å². The van der Waals surface area contributed by atoms with Crippen LogP contribution >= 0.6 is 11.3 Å². The molecule has 4 nitrogen and oxygen atoms in total. The van der Waals surface area contributed by atoms with Crippen molar-refractivity contribution < 1.29 is 13.3 Å². The molecule has 6 heteroatoms. The lowest BCUT2D eigenvalue weighted by atomic mass is 10.3. The first-order valence-corrected chi connectivity index (χ1v) is 8.98. The third kappa shape index (κ3) is 3.40. The van der Waals surface area contributed by atoms with E-state index in [2.05, 4.69) is 11.1 Å². The van der Waals surface area contributed by atoms with Gasteiger partial charge < -0.3 is 13.3 Å². The smallest absolute Gasteiger partial charge is 0.377 e. The molecule has 0 aliphatic heterocycles. The molecule has 2 aromatic rings. The quantitative estimate of drug-likeness (QED) is 0.736. The lowest BCUT2D eigenvalue weighted by Gasteiger charge is -2.23. The number of hydrogen-bond donors (Lipinski definition) is 0. The molecule has 0 saturated carbocycles. The first-order valence-electron chi connectivity index (χ1n) is 6.23. The summed E-state index contributed by atoms with van der Waals surface area (Å²) < 4.78 is 17.5. The molecule has 0 bridgehead atoms. The van der Waals surface area contributed by atoms with Crippen molar-refractivity contribution in [1.29, 1.82) is 0 Å². The van der Waals surface area contributed by atoms with Crippen LogP contribution in [0.5, 0.6) is 0 Å². The second kappa shape index (κ2) is 6.58. The maximum Gasteiger partial charge on any atom is 0.500 e. The van der Waals surface area contributed by atoms with E-state index in [0.29, 0.717) is 0 Å². The van der Waals surface area contributed by atoms with E-state index in [9.17, 15) is 0 Å². The lowest BCUT2D eigenvalue weighted by Crippen LogP contribution is -2.42. The van der Waals surface area contributed by atoms with Gasteiger partial charge in [0.2, 0.25) is 0 Å². The third-order valence-electron chi connectivity index (χ3n) is 3.14. The Balaban J connectivity index is 1.95. The van der Waals surface area contributed by atoms with E-state index in [0.717, 1.165) is 29.4 Å². The van der Waals surface area contributed by atoms with Gasteiger partial charge in [-0.2, -0.15) is 0 Å². The molecule has 0 radical (unpaired) electrons. The number of para-hydroxylation sites is 1. The van der Waals surface area contributed by atoms with E-state index in [1.807, 2.05) is 18.2 Å². The van der Waals surface area contributed by atoms with Gasteiger partial charge in [0.1, 0.15) is 0 Å². The zero-order valence-corrected chi connectivity index (χ0v) is 13.3. The number of aromatic nitrogens is 1. The minimum atomic E-state index is -2.43. The SMILES string of the molecule is CO[Si](CCCc1nc2ccccc2s1)(OC)OC. The summed E-state index contributed by atoms with van der Waals surface area (Å²) in [5.74, 6) is 0. The topological polar surface area (TPSA) is 40.6 Å². The zero-order chi connectivity index (χ0) is 13.7. The van der Waals surface area contributed by atoms with Crippen LogP contribution in [-0.4, -0.2) is 35.1 Å². The van der Waals surface area contributed by atoms with Gasteiger partial charge in [-0.3, -0.25) is 0 Å². The van der Waals surface area contributed by atoms with Gasteiger partial charge in [-0.05, 0) is 25.0 Å². The van der Waals surface area contributed by atoms with Crippen molar-refractivity contribution >= 4 is 30.4 Å². The average molecular weight is 297 g/mol. The Kier molecular flexibility index (Phi) is 5.06. The van der Waals surface area contributed by atoms with Gasteiger partial charge in [0.05, 0.1) is 15.2 Å². The van der Waals surface area contributed by atoms with Crippen LogP contribution in [0.3, 0.4) is 0 Å². The minimum Gasteiger partial charge on any atom is -0.377 e. The van der Waals surface area contributed by atoms with Crippen LogP contribution in [0.15, 0.2) is 24.3 Å². The fourth-order valence-electron chi connectivity index (χ4n) is 2.04. The Morgan fingerprint density at radius 1 is 1.11 bits per heavy atom. The molecule has 1 heterocycles. The van der Waals surface area contributed by atoms with Gasteiger partial charge in [0.15, 0.2) is 0 Å². The molecule has 104 valence electrons. The highest BCUT2D eigenvalue weighted by Gasteiger charge is 2.36. The molecule has 0 spiro atoms. The first-order chi connectivity index (χ1) is 9.23. The largest absolute Gasteiger partial charge is 0.500 e. The van der Waals surface area contributed by atoms with Gasteiger partial charge in [-0.15, -0.1) is 11.3 Å². The predicted octanol–water partition coefficient (Wildman–Crippen LogP) is 3.11. The van der Waals surface area contributed by atoms with E-state index in [-0.39, 0.29) is 0 Å². The van der Waals surface area contributed by atoms with Crippen molar-refractivity contribution in [2.45, 2.75) is 18.9 Å². The third-order valence-corrected chi connectivity index (χ3v) is 7.07. The second-order valence-corrected chi connectivity index (χ2v) is 8.43. The molecule has 0 saturated heterocycles. The van der Waals surface area contributed by atoms with Gasteiger partial charge in [-0.25, -0.2) is 4.98 Å². The highest BCUT2D eigenvalue weighted by atomic mass is 32.1. The predicted molar refractivity (Wildman–Crippen MR) is 79.5 cm³/mol. The molecule has 2 rings (SSSR count). The van der Waals surface area contributed by atoms with Gasteiger partial charge >= 0.3 is 8.80 Å². The van der Waals surface area contributed by atoms with Crippen LogP contribution in [0.25, 0.3) is 10.2 Å². The van der Waals surface area contributed by atoms with Crippen molar-refractivity contribution in [3.8, 4) is 0 Å². The summed E-state index contributed by atoms with van der Waals surface area (Å²) in [5, 5.41) is 1.16. The molecule has 0 fully saturated rings. The Labute approximate surface area is 118 Å². The molecule has 0 atom stereocenters. The Morgan fingerprint density at radius 3 is 2.42 bits per heavy atom. The number of nitrogens with zero attached hydrogens (tertiary/aromatic N) is 1. The van der Waals surface area contributed by atoms with Crippen molar-refractivity contribution in [2.24, 2.45) is 0 Å². The first kappa shape index (κ1) is 14.6. The van der Waals surface area contributed by atoms with Crippen molar-refractivity contribution in [3.05, 3.63) is 29.3 Å². The molecular weight excluding hydrogens is 278 g/mol. The van der Waals surface area contributed by atoms with Gasteiger partial charge in [0, 0.05) is 27.4 Å². The molecule has 0 aliphatic carbocycles. The van der Waals surface area contributed by atoms with E-state index < -0.39 is 8.80 Å². The molecular formula is C13H19NO3SSi. The van der Waals surface area contributed by atoms with Crippen molar-refractivity contribution in [3.63, 3.8) is 0 Å². The highest BCUT2D eigenvalue weighted by Crippen LogP contribution is 2.24. The fraction of sp³-hybridized carbons (Fsp3) is 0.462. The summed E-state index contributed by atoms with van der Waals surface area (Å²) in [6, 6.07) is 9.03. The Hall–Kier alpha value is -0.793. The molecule has 0 amide bonds. The number of rotatable bonds is 7. The molecule has 0 unspecified atom stereocenters. The van der Waals surface area contributed by atoms with Crippen molar-refractivity contribution in [1.82, 2.24) is 4.98 Å². The number of benzene rings is 1. The normalized spacial score (nSPS) is 12.2. The van der Waals surface area contributed by atoms with E-state index in [4.69, 9.17) is 13.3 Å². The standard InChI is InChI=1S/C13H19NO3SSi/c1-15-19(16-2,17-3)10-6-9-13-14-11-7-4-5-8-12(11)18-13/h4-5,7-8H,6,9-10H2,1-3H3. The Morgan fingerprint density at radius 2 is 1.79 bits per heavy atom. The van der Waals surface area contributed by atoms with Crippen LogP contribution in [0.4, 0.5) is 0 Å². The summed E-state index contributed by atoms with van der Waals surface area (Å²) in [7, 11) is 2.52. The maximum absolute atomic E-state index is 5.41. The summed E-state index contributed by atoms with van der Waals surface area (Å²) >= 11 is 1.75. The maximum atomic E-state index is 5.41. The second-order valence-electron chi connectivity index (χ2n) is 4.22. The Bertz CT molecular complexity index is 486. The highest BCUT2D eigenvalue weighted by molar-refractivity contribution is 7.18. The van der Waals surface area contributed by atoms with E-state index >= 15 is 0 Å². The summed E-state index contributed by atoms with van der Waals surface area (Å²) in [6.45, 7) is 0. The van der Waals surface area contributed by atoms with Crippen LogP contribution in [-0.2, 0) is 19.7 Å². The van der Waals surface area contributed by atoms with Gasteiger partial charge in [-0.1, -0.05) is 12.1 Å². The zero-order valence-electron chi connectivity index (χ0n) is 11.5. The molecule has 1 aromatic carbocycles. The van der Waals surface area contributed by atoms with E-state index in [1.165, 1.54) is 4.70 Å². The van der Waals surface area contributed by atoms with Crippen LogP contribution < -0.4 is 0 Å². The lowest BCUT2D eigenvalue weighted by molar-refractivity contribution is 0.123. The molecule has 19 heavy (non-hydrogen) atoms. The van der Waals surface area contributed by atoms with Crippen LogP contribution in [0.1, 0.15) is 11.4 Å². The van der Waals surface area contributed by atoms with Crippen molar-refractivity contribution in [2.75, 3.05) is 21.3 Å². The number of thiazole rings is 1. The van der Waals surface area contributed by atoms with E-state index in [1.54, 1.807) is 32.7 Å². The molecule has 0 aliphatic rings. The number of fused-ring (bicyclic) bond motifs is 1. The molecule has 1 aromatic heterocycles. The minimum absolute atomic E-state index is 0.812. The fourth-order valence-corrected chi connectivity index (χ4v) is 4.77. The summed E-state index contributed by atoms with van der Waals surface area (Å²) in [5.41, 5.74) is 1.08. The molecule has 0 N–H and O–H groups in total.